The maximum atomic E-state index is 11.5. The molecule has 38 heavy (non-hydrogen) atoms. The molecule has 6 N–H and O–H groups in total. The molecule has 0 aliphatic carbocycles. The summed E-state index contributed by atoms with van der Waals surface area (Å²) in [6.07, 6.45) is 12.4. The van der Waals surface area contributed by atoms with Gasteiger partial charge in [-0.2, -0.15) is 16.8 Å². The first-order valence-corrected chi connectivity index (χ1v) is 16.2. The third-order valence-electron chi connectivity index (χ3n) is 6.09. The number of anilines is 2. The maximum Gasteiger partial charge on any atom is 0.295 e. The zero-order valence-corrected chi connectivity index (χ0v) is 24.5. The molecule has 0 saturated heterocycles. The Kier molecular flexibility index (Phi) is 14.9. The van der Waals surface area contributed by atoms with E-state index in [0.29, 0.717) is 0 Å². The molecular weight excluding hydrogens is 526 g/mol. The van der Waals surface area contributed by atoms with Crippen LogP contribution in [0.15, 0.2) is 46.2 Å². The van der Waals surface area contributed by atoms with E-state index in [1.807, 2.05) is 0 Å². The second kappa shape index (κ2) is 16.7. The first-order chi connectivity index (χ1) is 17.8. The lowest BCUT2D eigenvalue weighted by molar-refractivity contribution is 0.256. The van der Waals surface area contributed by atoms with E-state index in [1.165, 1.54) is 102 Å². The van der Waals surface area contributed by atoms with Gasteiger partial charge in [-0.15, -0.1) is 0 Å². The van der Waals surface area contributed by atoms with Crippen LogP contribution in [0.4, 0.5) is 11.4 Å². The molecule has 0 radical (unpaired) electrons. The van der Waals surface area contributed by atoms with Crippen molar-refractivity contribution in [3.63, 3.8) is 0 Å². The lowest BCUT2D eigenvalue weighted by atomic mass is 10.0. The molecule has 0 heterocycles. The van der Waals surface area contributed by atoms with Crippen LogP contribution in [0.5, 0.6) is 0 Å². The average Bonchev–Trinajstić information content (AvgIpc) is 2.83. The van der Waals surface area contributed by atoms with Crippen LogP contribution >= 0.6 is 0 Å². The number of hydrogen-bond donors (Lipinski definition) is 4. The Bertz CT molecular complexity index is 1100. The highest BCUT2D eigenvalue weighted by atomic mass is 32.2. The van der Waals surface area contributed by atoms with Crippen molar-refractivity contribution in [3.05, 3.63) is 36.4 Å². The van der Waals surface area contributed by atoms with Crippen molar-refractivity contribution >= 4 is 31.6 Å². The quantitative estimate of drug-likeness (QED) is 0.116. The van der Waals surface area contributed by atoms with E-state index in [1.54, 1.807) is 0 Å². The summed E-state index contributed by atoms with van der Waals surface area (Å²) in [7, 11) is -9.33. The molecule has 11 heteroatoms. The minimum Gasteiger partial charge on any atom is -0.399 e. The summed E-state index contributed by atoms with van der Waals surface area (Å²) in [5.74, 6) is 0. The molecular formula is C27H45N3O6S2. The first kappa shape index (κ1) is 33.8. The van der Waals surface area contributed by atoms with Gasteiger partial charge in [-0.1, -0.05) is 71.4 Å². The smallest absolute Gasteiger partial charge is 0.295 e. The van der Waals surface area contributed by atoms with E-state index in [0.717, 1.165) is 12.1 Å². The molecule has 0 aliphatic heterocycles. The monoisotopic (exact) mass is 571 g/mol. The van der Waals surface area contributed by atoms with Crippen LogP contribution in [0.3, 0.4) is 0 Å². The molecule has 0 fully saturated rings. The zero-order valence-electron chi connectivity index (χ0n) is 22.9. The first-order valence-electron chi connectivity index (χ1n) is 13.3. The van der Waals surface area contributed by atoms with Crippen LogP contribution in [-0.2, 0) is 20.2 Å². The summed E-state index contributed by atoms with van der Waals surface area (Å²) in [5.41, 5.74) is 10.8. The average molecular weight is 572 g/mol. The van der Waals surface area contributed by atoms with E-state index < -0.39 is 30.0 Å². The molecule has 0 aliphatic rings. The number of nitrogen functional groups attached to an aromatic ring is 2. The largest absolute Gasteiger partial charge is 0.399 e. The van der Waals surface area contributed by atoms with Gasteiger partial charge < -0.3 is 16.4 Å². The molecule has 0 aromatic heterocycles. The summed E-state index contributed by atoms with van der Waals surface area (Å²) >= 11 is 0. The van der Waals surface area contributed by atoms with Crippen molar-refractivity contribution in [2.75, 3.05) is 31.1 Å². The minimum atomic E-state index is -4.66. The van der Waals surface area contributed by atoms with Crippen molar-refractivity contribution in [3.8, 4) is 11.1 Å². The second-order valence-corrected chi connectivity index (χ2v) is 12.2. The number of nitrogens with zero attached hydrogens (tertiary/aromatic N) is 1. The van der Waals surface area contributed by atoms with E-state index in [9.17, 15) is 25.9 Å². The lowest BCUT2D eigenvalue weighted by Gasteiger charge is -2.22. The number of rotatable bonds is 15. The van der Waals surface area contributed by atoms with Crippen LogP contribution < -0.4 is 11.5 Å². The molecule has 2 aromatic rings. The molecule has 216 valence electrons. The van der Waals surface area contributed by atoms with Gasteiger partial charge in [-0.3, -0.25) is 9.11 Å². The van der Waals surface area contributed by atoms with Crippen molar-refractivity contribution in [1.29, 1.82) is 0 Å². The van der Waals surface area contributed by atoms with Gasteiger partial charge >= 0.3 is 0 Å². The normalized spacial score (nSPS) is 11.8. The molecule has 2 aromatic carbocycles. The SMILES string of the molecule is CCCCCN(CCCCC)CCCCC.Nc1ccc(-c2ccc(N)cc2S(=O)(=O)O)c(S(=O)(=O)O)c1. The van der Waals surface area contributed by atoms with Crippen molar-refractivity contribution < 1.29 is 25.9 Å². The summed E-state index contributed by atoms with van der Waals surface area (Å²) in [6, 6.07) is 7.06. The highest BCUT2D eigenvalue weighted by molar-refractivity contribution is 7.86. The molecule has 2 rings (SSSR count). The Labute approximate surface area is 229 Å². The summed E-state index contributed by atoms with van der Waals surface area (Å²) < 4.78 is 64.4. The fraction of sp³-hybridized carbons (Fsp3) is 0.556. The Hall–Kier alpha value is -2.18. The number of nitrogens with two attached hydrogens (primary N) is 2. The number of unbranched alkanes of at least 4 members (excludes halogenated alkanes) is 6. The Balaban J connectivity index is 0.000000403. The van der Waals surface area contributed by atoms with Crippen molar-refractivity contribution in [2.24, 2.45) is 0 Å². The number of benzene rings is 2. The van der Waals surface area contributed by atoms with Gasteiger partial charge in [0.2, 0.25) is 0 Å². The number of hydrogen-bond acceptors (Lipinski definition) is 7. The van der Waals surface area contributed by atoms with E-state index in [4.69, 9.17) is 11.5 Å². The van der Waals surface area contributed by atoms with E-state index >= 15 is 0 Å². The third kappa shape index (κ3) is 12.1. The Morgan fingerprint density at radius 3 is 1.18 bits per heavy atom. The Morgan fingerprint density at radius 1 is 0.605 bits per heavy atom. The van der Waals surface area contributed by atoms with Crippen LogP contribution in [0, 0.1) is 0 Å². The van der Waals surface area contributed by atoms with Gasteiger partial charge in [0.15, 0.2) is 0 Å². The predicted octanol–water partition coefficient (Wildman–Crippen LogP) is 5.87. The van der Waals surface area contributed by atoms with Crippen LogP contribution in [-0.4, -0.2) is 50.5 Å². The molecule has 0 atom stereocenters. The summed E-state index contributed by atoms with van der Waals surface area (Å²) in [6.45, 7) is 10.9. The highest BCUT2D eigenvalue weighted by Crippen LogP contribution is 2.34. The molecule has 9 nitrogen and oxygen atoms in total. The molecule has 0 bridgehead atoms. The van der Waals surface area contributed by atoms with Crippen LogP contribution in [0.2, 0.25) is 0 Å². The predicted molar refractivity (Wildman–Crippen MR) is 155 cm³/mol. The molecule has 0 unspecified atom stereocenters. The Morgan fingerprint density at radius 2 is 0.921 bits per heavy atom. The topological polar surface area (TPSA) is 164 Å². The van der Waals surface area contributed by atoms with Gasteiger partial charge in [0.05, 0.1) is 0 Å². The zero-order chi connectivity index (χ0) is 28.8. The standard InChI is InChI=1S/C15H33N.C12H12N2O6S2/c1-4-7-10-13-16(14-11-8-5-2)15-12-9-6-3;13-7-1-3-9(11(5-7)21(15,16)17)10-4-2-8(14)6-12(10)22(18,19)20/h4-15H2,1-3H3;1-6H,13-14H2,(H,15,16,17)(H,18,19,20). The van der Waals surface area contributed by atoms with Crippen LogP contribution in [0.1, 0.15) is 78.6 Å². The van der Waals surface area contributed by atoms with Gasteiger partial charge in [0, 0.05) is 22.5 Å². The summed E-state index contributed by atoms with van der Waals surface area (Å²) in [5, 5.41) is 0. The lowest BCUT2D eigenvalue weighted by Crippen LogP contribution is -2.27. The second-order valence-electron chi connectivity index (χ2n) is 9.42. The van der Waals surface area contributed by atoms with Gasteiger partial charge in [0.25, 0.3) is 20.2 Å². The minimum absolute atomic E-state index is 0.0558. The fourth-order valence-corrected chi connectivity index (χ4v) is 5.52. The highest BCUT2D eigenvalue weighted by Gasteiger charge is 2.23. The van der Waals surface area contributed by atoms with Crippen LogP contribution in [0.25, 0.3) is 11.1 Å². The molecule has 0 saturated carbocycles. The van der Waals surface area contributed by atoms with Gasteiger partial charge in [0.1, 0.15) is 9.79 Å². The maximum absolute atomic E-state index is 11.5. The van der Waals surface area contributed by atoms with Gasteiger partial charge in [-0.25, -0.2) is 0 Å². The van der Waals surface area contributed by atoms with Crippen molar-refractivity contribution in [1.82, 2.24) is 4.90 Å². The fourth-order valence-electron chi connectivity index (χ4n) is 4.04. The van der Waals surface area contributed by atoms with E-state index in [2.05, 4.69) is 25.7 Å². The molecule has 0 spiro atoms. The van der Waals surface area contributed by atoms with Crippen molar-refractivity contribution in [2.45, 2.75) is 88.3 Å². The van der Waals surface area contributed by atoms with Gasteiger partial charge in [-0.05, 0) is 63.2 Å². The summed E-state index contributed by atoms with van der Waals surface area (Å²) in [4.78, 5) is 1.53. The third-order valence-corrected chi connectivity index (χ3v) is 7.88. The molecule has 0 amide bonds. The van der Waals surface area contributed by atoms with E-state index in [-0.39, 0.29) is 22.5 Å².